The van der Waals surface area contributed by atoms with Gasteiger partial charge in [0, 0.05) is 30.4 Å². The molecule has 0 bridgehead atoms. The minimum Gasteiger partial charge on any atom is -0.353 e. The summed E-state index contributed by atoms with van der Waals surface area (Å²) in [7, 11) is 3.99. The molecule has 2 rings (SSSR count). The fourth-order valence-electron chi connectivity index (χ4n) is 2.73. The van der Waals surface area contributed by atoms with Gasteiger partial charge in [-0.2, -0.15) is 4.98 Å². The number of amides is 1. The number of carbonyl (C=O) groups excluding carboxylic acids is 1. The fraction of sp³-hybridized carbons (Fsp3) is 0.688. The molecule has 6 nitrogen and oxygen atoms in total. The van der Waals surface area contributed by atoms with Gasteiger partial charge < -0.3 is 10.2 Å². The molecule has 0 atom stereocenters. The van der Waals surface area contributed by atoms with Crippen LogP contribution >= 0.6 is 11.8 Å². The zero-order valence-electron chi connectivity index (χ0n) is 14.4. The zero-order valence-corrected chi connectivity index (χ0v) is 15.2. The van der Waals surface area contributed by atoms with Gasteiger partial charge in [-0.1, -0.05) is 11.8 Å². The lowest BCUT2D eigenvalue weighted by Gasteiger charge is -2.16. The maximum absolute atomic E-state index is 12.4. The van der Waals surface area contributed by atoms with Gasteiger partial charge in [0.05, 0.1) is 5.75 Å². The number of rotatable bonds is 7. The van der Waals surface area contributed by atoms with Crippen molar-refractivity contribution in [1.29, 1.82) is 0 Å². The summed E-state index contributed by atoms with van der Waals surface area (Å²) in [6, 6.07) is 0.126. The molecule has 0 aliphatic heterocycles. The minimum atomic E-state index is -0.195. The van der Waals surface area contributed by atoms with Crippen LogP contribution in [-0.4, -0.2) is 52.8 Å². The summed E-state index contributed by atoms with van der Waals surface area (Å²) >= 11 is 1.38. The summed E-state index contributed by atoms with van der Waals surface area (Å²) in [5.41, 5.74) is 2.07. The molecule has 23 heavy (non-hydrogen) atoms. The Bertz CT molecular complexity index is 625. The van der Waals surface area contributed by atoms with Crippen molar-refractivity contribution >= 4 is 17.7 Å². The van der Waals surface area contributed by atoms with E-state index in [9.17, 15) is 9.59 Å². The van der Waals surface area contributed by atoms with Gasteiger partial charge in [0.25, 0.3) is 0 Å². The molecule has 128 valence electrons. The molecule has 1 aromatic heterocycles. The van der Waals surface area contributed by atoms with Crippen LogP contribution in [-0.2, 0) is 24.2 Å². The van der Waals surface area contributed by atoms with E-state index in [1.807, 2.05) is 27.9 Å². The van der Waals surface area contributed by atoms with Gasteiger partial charge in [-0.3, -0.25) is 9.36 Å². The first-order valence-electron chi connectivity index (χ1n) is 8.08. The largest absolute Gasteiger partial charge is 0.353 e. The summed E-state index contributed by atoms with van der Waals surface area (Å²) in [4.78, 5) is 30.5. The number of aromatic nitrogens is 2. The normalized spacial score (nSPS) is 13.7. The molecule has 0 fully saturated rings. The molecule has 1 aliphatic rings. The molecule has 7 heteroatoms. The quantitative estimate of drug-likeness (QED) is 0.591. The molecule has 1 aromatic rings. The molecular formula is C16H26N4O2S. The van der Waals surface area contributed by atoms with Crippen LogP contribution in [0.5, 0.6) is 0 Å². The maximum Gasteiger partial charge on any atom is 0.348 e. The van der Waals surface area contributed by atoms with E-state index in [1.54, 1.807) is 4.57 Å². The van der Waals surface area contributed by atoms with Crippen molar-refractivity contribution in [2.45, 2.75) is 50.7 Å². The number of likely N-dealkylation sites (N-methyl/N-ethyl adjacent to an activating group) is 1. The predicted molar refractivity (Wildman–Crippen MR) is 93.1 cm³/mol. The Morgan fingerprint density at radius 1 is 1.39 bits per heavy atom. The Balaban J connectivity index is 2.16. The fourth-order valence-corrected chi connectivity index (χ4v) is 3.62. The van der Waals surface area contributed by atoms with Crippen molar-refractivity contribution < 1.29 is 4.79 Å². The molecule has 1 amide bonds. The number of nitrogens with zero attached hydrogens (tertiary/aromatic N) is 3. The molecule has 1 aliphatic carbocycles. The number of carbonyl (C=O) groups is 1. The monoisotopic (exact) mass is 338 g/mol. The number of thioether (sulfide) groups is 1. The van der Waals surface area contributed by atoms with Crippen molar-refractivity contribution in [3.63, 3.8) is 0 Å². The lowest BCUT2D eigenvalue weighted by molar-refractivity contribution is -0.119. The molecular weight excluding hydrogens is 312 g/mol. The highest BCUT2D eigenvalue weighted by Gasteiger charge is 2.22. The SMILES string of the molecule is CC(C)NC(=O)CSc1nc(=O)n(CCN(C)C)c2c1CCC2. The van der Waals surface area contributed by atoms with Crippen LogP contribution in [0, 0.1) is 0 Å². The van der Waals surface area contributed by atoms with E-state index in [0.717, 1.165) is 42.1 Å². The Morgan fingerprint density at radius 3 is 2.78 bits per heavy atom. The Kier molecular flexibility index (Phi) is 6.24. The lowest BCUT2D eigenvalue weighted by atomic mass is 10.2. The maximum atomic E-state index is 12.4. The van der Waals surface area contributed by atoms with E-state index in [1.165, 1.54) is 11.8 Å². The van der Waals surface area contributed by atoms with Gasteiger partial charge in [-0.15, -0.1) is 0 Å². The van der Waals surface area contributed by atoms with E-state index in [0.29, 0.717) is 12.3 Å². The molecule has 0 aromatic carbocycles. The van der Waals surface area contributed by atoms with Crippen LogP contribution in [0.2, 0.25) is 0 Å². The first-order chi connectivity index (χ1) is 10.9. The Morgan fingerprint density at radius 2 is 2.13 bits per heavy atom. The highest BCUT2D eigenvalue weighted by molar-refractivity contribution is 7.99. The smallest absolute Gasteiger partial charge is 0.348 e. The van der Waals surface area contributed by atoms with Crippen molar-refractivity contribution in [2.24, 2.45) is 0 Å². The van der Waals surface area contributed by atoms with Crippen molar-refractivity contribution in [1.82, 2.24) is 19.8 Å². The first kappa shape index (κ1) is 18.0. The predicted octanol–water partition coefficient (Wildman–Crippen LogP) is 0.910. The number of hydrogen-bond donors (Lipinski definition) is 1. The number of nitrogens with one attached hydrogen (secondary N) is 1. The Labute approximate surface area is 141 Å². The number of fused-ring (bicyclic) bond motifs is 1. The van der Waals surface area contributed by atoms with Gasteiger partial charge in [-0.05, 0) is 47.2 Å². The van der Waals surface area contributed by atoms with Gasteiger partial charge in [0.1, 0.15) is 5.03 Å². The van der Waals surface area contributed by atoms with Crippen molar-refractivity contribution in [3.05, 3.63) is 21.7 Å². The average Bonchev–Trinajstić information content (AvgIpc) is 2.92. The van der Waals surface area contributed by atoms with Gasteiger partial charge in [0.15, 0.2) is 0 Å². The Hall–Kier alpha value is -1.34. The number of hydrogen-bond acceptors (Lipinski definition) is 5. The molecule has 0 spiro atoms. The van der Waals surface area contributed by atoms with Crippen LogP contribution < -0.4 is 11.0 Å². The van der Waals surface area contributed by atoms with Crippen molar-refractivity contribution in [2.75, 3.05) is 26.4 Å². The third kappa shape index (κ3) is 4.81. The van der Waals surface area contributed by atoms with E-state index >= 15 is 0 Å². The van der Waals surface area contributed by atoms with Crippen LogP contribution in [0.4, 0.5) is 0 Å². The van der Waals surface area contributed by atoms with Gasteiger partial charge in [-0.25, -0.2) is 4.79 Å². The van der Waals surface area contributed by atoms with Gasteiger partial charge in [0.2, 0.25) is 5.91 Å². The highest BCUT2D eigenvalue weighted by Crippen LogP contribution is 2.29. The molecule has 0 saturated heterocycles. The third-order valence-electron chi connectivity index (χ3n) is 3.76. The third-order valence-corrected chi connectivity index (χ3v) is 4.78. The summed E-state index contributed by atoms with van der Waals surface area (Å²) in [6.07, 6.45) is 2.92. The summed E-state index contributed by atoms with van der Waals surface area (Å²) in [5, 5.41) is 3.60. The standard InChI is InChI=1S/C16H26N4O2S/c1-11(2)17-14(21)10-23-15-12-6-5-7-13(12)20(16(22)18-15)9-8-19(3)4/h11H,5-10H2,1-4H3,(H,17,21). The molecule has 1 N–H and O–H groups in total. The topological polar surface area (TPSA) is 67.2 Å². The van der Waals surface area contributed by atoms with Crippen LogP contribution in [0.15, 0.2) is 9.82 Å². The highest BCUT2D eigenvalue weighted by atomic mass is 32.2. The van der Waals surface area contributed by atoms with E-state index in [-0.39, 0.29) is 17.6 Å². The van der Waals surface area contributed by atoms with E-state index in [2.05, 4.69) is 15.2 Å². The molecule has 0 unspecified atom stereocenters. The molecule has 0 saturated carbocycles. The summed E-state index contributed by atoms with van der Waals surface area (Å²) in [6.45, 7) is 5.35. The second-order valence-corrected chi connectivity index (χ2v) is 7.41. The van der Waals surface area contributed by atoms with Crippen LogP contribution in [0.3, 0.4) is 0 Å². The van der Waals surface area contributed by atoms with E-state index < -0.39 is 0 Å². The lowest BCUT2D eigenvalue weighted by Crippen LogP contribution is -2.32. The second kappa shape index (κ2) is 7.97. The van der Waals surface area contributed by atoms with Crippen LogP contribution in [0.1, 0.15) is 31.5 Å². The average molecular weight is 338 g/mol. The second-order valence-electron chi connectivity index (χ2n) is 6.44. The summed E-state index contributed by atoms with van der Waals surface area (Å²) in [5.74, 6) is 0.286. The zero-order chi connectivity index (χ0) is 17.0. The van der Waals surface area contributed by atoms with Crippen molar-refractivity contribution in [3.8, 4) is 0 Å². The first-order valence-corrected chi connectivity index (χ1v) is 9.06. The minimum absolute atomic E-state index is 0.0182. The van der Waals surface area contributed by atoms with E-state index in [4.69, 9.17) is 0 Å². The molecule has 0 radical (unpaired) electrons. The molecule has 1 heterocycles. The van der Waals surface area contributed by atoms with Crippen LogP contribution in [0.25, 0.3) is 0 Å². The van der Waals surface area contributed by atoms with Gasteiger partial charge >= 0.3 is 5.69 Å². The summed E-state index contributed by atoms with van der Waals surface area (Å²) < 4.78 is 1.81.